The lowest BCUT2D eigenvalue weighted by Crippen LogP contribution is -2.16. The summed E-state index contributed by atoms with van der Waals surface area (Å²) in [6.45, 7) is 3.10. The van der Waals surface area contributed by atoms with E-state index in [0.717, 1.165) is 11.9 Å². The molecule has 2 aromatic rings. The Morgan fingerprint density at radius 3 is 2.61 bits per heavy atom. The third-order valence-corrected chi connectivity index (χ3v) is 5.11. The Hall–Kier alpha value is -0.320. The zero-order valence-electron chi connectivity index (χ0n) is 10.4. The average molecular weight is 389 g/mol. The molecule has 1 heterocycles. The highest BCUT2D eigenvalue weighted by Gasteiger charge is 2.06. The number of thiophene rings is 1. The molecule has 1 aromatic heterocycles. The number of benzene rings is 1. The van der Waals surface area contributed by atoms with E-state index in [0.29, 0.717) is 0 Å². The molecule has 0 saturated heterocycles. The zero-order chi connectivity index (χ0) is 13.1. The molecule has 1 nitrogen and oxygen atoms in total. The van der Waals surface area contributed by atoms with Crippen LogP contribution >= 0.6 is 43.2 Å². The van der Waals surface area contributed by atoms with E-state index in [1.807, 2.05) is 0 Å². The number of alkyl halides is 1. The maximum atomic E-state index is 3.51. The van der Waals surface area contributed by atoms with Crippen molar-refractivity contribution in [2.75, 3.05) is 11.9 Å². The van der Waals surface area contributed by atoms with E-state index in [2.05, 4.69) is 80.4 Å². The monoisotopic (exact) mass is 387 g/mol. The van der Waals surface area contributed by atoms with Crippen LogP contribution in [0.1, 0.15) is 16.7 Å². The molecule has 0 aliphatic heterocycles. The number of rotatable bonds is 4. The van der Waals surface area contributed by atoms with Crippen molar-refractivity contribution >= 4 is 48.9 Å². The van der Waals surface area contributed by atoms with E-state index in [4.69, 9.17) is 0 Å². The Labute approximate surface area is 129 Å². The second-order valence-corrected chi connectivity index (χ2v) is 7.21. The zero-order valence-corrected chi connectivity index (χ0v) is 14.4. The molecule has 96 valence electrons. The van der Waals surface area contributed by atoms with Crippen LogP contribution < -0.4 is 4.90 Å². The van der Waals surface area contributed by atoms with Crippen molar-refractivity contribution in [3.05, 3.63) is 50.1 Å². The van der Waals surface area contributed by atoms with E-state index in [9.17, 15) is 0 Å². The Kier molecular flexibility index (Phi) is 4.87. The first-order chi connectivity index (χ1) is 8.60. The van der Waals surface area contributed by atoms with Gasteiger partial charge in [0.1, 0.15) is 0 Å². The first-order valence-electron chi connectivity index (χ1n) is 5.69. The third-order valence-electron chi connectivity index (χ3n) is 2.95. The van der Waals surface area contributed by atoms with Crippen LogP contribution in [0.15, 0.2) is 33.4 Å². The number of nitrogens with zero attached hydrogens (tertiary/aromatic N) is 1. The Balaban J connectivity index is 2.13. The first kappa shape index (κ1) is 14.1. The normalized spacial score (nSPS) is 10.7. The lowest BCUT2D eigenvalue weighted by Gasteiger charge is -2.20. The minimum Gasteiger partial charge on any atom is -0.370 e. The fourth-order valence-electron chi connectivity index (χ4n) is 1.86. The summed E-state index contributed by atoms with van der Waals surface area (Å²) in [5.74, 6) is 0. The molecule has 0 spiro atoms. The van der Waals surface area contributed by atoms with E-state index in [1.54, 1.807) is 11.3 Å². The van der Waals surface area contributed by atoms with Crippen LogP contribution in [-0.2, 0) is 11.9 Å². The Morgan fingerprint density at radius 1 is 1.28 bits per heavy atom. The summed E-state index contributed by atoms with van der Waals surface area (Å²) < 4.78 is 1.19. The van der Waals surface area contributed by atoms with E-state index >= 15 is 0 Å². The molecule has 1 aromatic carbocycles. The second-order valence-electron chi connectivity index (χ2n) is 4.36. The van der Waals surface area contributed by atoms with Crippen LogP contribution in [0.2, 0.25) is 0 Å². The predicted octanol–water partition coefficient (Wildman–Crippen LogP) is 5.35. The largest absolute Gasteiger partial charge is 0.370 e. The van der Waals surface area contributed by atoms with Crippen LogP contribution in [-0.4, -0.2) is 7.05 Å². The van der Waals surface area contributed by atoms with Crippen molar-refractivity contribution in [2.45, 2.75) is 18.8 Å². The standard InChI is InChI=1S/C14H15Br2NS/c1-10-5-13(4-3-12(10)7-15)17(2)8-11-6-14(16)18-9-11/h3-6,9H,7-8H2,1-2H3. The van der Waals surface area contributed by atoms with Crippen molar-refractivity contribution in [3.63, 3.8) is 0 Å². The van der Waals surface area contributed by atoms with Gasteiger partial charge in [-0.3, -0.25) is 0 Å². The fraction of sp³-hybridized carbons (Fsp3) is 0.286. The van der Waals surface area contributed by atoms with Gasteiger partial charge in [-0.05, 0) is 63.1 Å². The molecule has 18 heavy (non-hydrogen) atoms. The SMILES string of the molecule is Cc1cc(N(C)Cc2csc(Br)c2)ccc1CBr. The number of hydrogen-bond donors (Lipinski definition) is 0. The molecule has 0 unspecified atom stereocenters. The van der Waals surface area contributed by atoms with Crippen LogP contribution in [0.25, 0.3) is 0 Å². The summed E-state index contributed by atoms with van der Waals surface area (Å²) in [7, 11) is 2.13. The first-order valence-corrected chi connectivity index (χ1v) is 8.49. The predicted molar refractivity (Wildman–Crippen MR) is 87.9 cm³/mol. The van der Waals surface area contributed by atoms with Crippen molar-refractivity contribution in [1.82, 2.24) is 0 Å². The van der Waals surface area contributed by atoms with Gasteiger partial charge in [0.2, 0.25) is 0 Å². The molecule has 0 radical (unpaired) electrons. The second kappa shape index (κ2) is 6.22. The van der Waals surface area contributed by atoms with Gasteiger partial charge in [-0.25, -0.2) is 0 Å². The Morgan fingerprint density at radius 2 is 2.06 bits per heavy atom. The molecule has 0 saturated carbocycles. The summed E-state index contributed by atoms with van der Waals surface area (Å²) in [4.78, 5) is 2.28. The maximum Gasteiger partial charge on any atom is 0.0701 e. The Bertz CT molecular complexity index is 536. The van der Waals surface area contributed by atoms with Crippen molar-refractivity contribution in [1.29, 1.82) is 0 Å². The molecular weight excluding hydrogens is 374 g/mol. The molecular formula is C14H15Br2NS. The average Bonchev–Trinajstić information content (AvgIpc) is 2.74. The van der Waals surface area contributed by atoms with Crippen molar-refractivity contribution in [3.8, 4) is 0 Å². The fourth-order valence-corrected chi connectivity index (χ4v) is 3.69. The molecule has 0 aliphatic rings. The van der Waals surface area contributed by atoms with Crippen molar-refractivity contribution < 1.29 is 0 Å². The van der Waals surface area contributed by atoms with Crippen LogP contribution in [0.5, 0.6) is 0 Å². The number of hydrogen-bond acceptors (Lipinski definition) is 2. The molecule has 4 heteroatoms. The maximum absolute atomic E-state index is 3.51. The van der Waals surface area contributed by atoms with Crippen LogP contribution in [0.3, 0.4) is 0 Å². The molecule has 0 amide bonds. The quantitative estimate of drug-likeness (QED) is 0.638. The summed E-state index contributed by atoms with van der Waals surface area (Å²) in [6.07, 6.45) is 0. The van der Waals surface area contributed by atoms with Gasteiger partial charge in [-0.1, -0.05) is 22.0 Å². The van der Waals surface area contributed by atoms with Crippen LogP contribution in [0, 0.1) is 6.92 Å². The number of aryl methyl sites for hydroxylation is 1. The van der Waals surface area contributed by atoms with Gasteiger partial charge in [0.15, 0.2) is 0 Å². The molecule has 2 rings (SSSR count). The van der Waals surface area contributed by atoms with Gasteiger partial charge in [0.25, 0.3) is 0 Å². The van der Waals surface area contributed by atoms with E-state index < -0.39 is 0 Å². The number of anilines is 1. The summed E-state index contributed by atoms with van der Waals surface area (Å²) in [6, 6.07) is 8.81. The van der Waals surface area contributed by atoms with Crippen molar-refractivity contribution in [2.24, 2.45) is 0 Å². The lowest BCUT2D eigenvalue weighted by atomic mass is 10.1. The van der Waals surface area contributed by atoms with E-state index in [1.165, 1.54) is 26.2 Å². The highest BCUT2D eigenvalue weighted by atomic mass is 79.9. The van der Waals surface area contributed by atoms with Gasteiger partial charge in [-0.2, -0.15) is 0 Å². The molecule has 0 fully saturated rings. The topological polar surface area (TPSA) is 3.24 Å². The molecule has 0 N–H and O–H groups in total. The number of halogens is 2. The molecule has 0 aliphatic carbocycles. The van der Waals surface area contributed by atoms with E-state index in [-0.39, 0.29) is 0 Å². The summed E-state index contributed by atoms with van der Waals surface area (Å²) >= 11 is 8.75. The smallest absolute Gasteiger partial charge is 0.0701 e. The molecule has 0 atom stereocenters. The molecule has 0 bridgehead atoms. The summed E-state index contributed by atoms with van der Waals surface area (Å²) in [5.41, 5.74) is 5.30. The minimum absolute atomic E-state index is 0.917. The summed E-state index contributed by atoms with van der Waals surface area (Å²) in [5, 5.41) is 3.11. The van der Waals surface area contributed by atoms with Gasteiger partial charge in [0.05, 0.1) is 3.79 Å². The lowest BCUT2D eigenvalue weighted by molar-refractivity contribution is 0.925. The third kappa shape index (κ3) is 3.37. The van der Waals surface area contributed by atoms with Gasteiger partial charge < -0.3 is 4.90 Å². The van der Waals surface area contributed by atoms with Gasteiger partial charge in [0, 0.05) is 24.6 Å². The van der Waals surface area contributed by atoms with Gasteiger partial charge in [-0.15, -0.1) is 11.3 Å². The van der Waals surface area contributed by atoms with Gasteiger partial charge >= 0.3 is 0 Å². The minimum atomic E-state index is 0.917. The highest BCUT2D eigenvalue weighted by molar-refractivity contribution is 9.11. The highest BCUT2D eigenvalue weighted by Crippen LogP contribution is 2.25. The van der Waals surface area contributed by atoms with Crippen LogP contribution in [0.4, 0.5) is 5.69 Å².